The summed E-state index contributed by atoms with van der Waals surface area (Å²) in [7, 11) is 1.61. The highest BCUT2D eigenvalue weighted by molar-refractivity contribution is 6.27. The van der Waals surface area contributed by atoms with Gasteiger partial charge < -0.3 is 19.4 Å². The van der Waals surface area contributed by atoms with Gasteiger partial charge in [-0.05, 0) is 44.0 Å². The van der Waals surface area contributed by atoms with E-state index in [2.05, 4.69) is 4.98 Å². The Morgan fingerprint density at radius 1 is 1.40 bits per heavy atom. The molecule has 134 valence electrons. The molecule has 1 aliphatic heterocycles. The Balaban J connectivity index is 2.21. The number of alkyl halides is 1. The van der Waals surface area contributed by atoms with E-state index < -0.39 is 11.5 Å². The van der Waals surface area contributed by atoms with Crippen molar-refractivity contribution in [3.8, 4) is 5.75 Å². The number of carbonyl (C=O) groups excluding carboxylic acids is 2. The third kappa shape index (κ3) is 2.65. The molecule has 1 amide bonds. The van der Waals surface area contributed by atoms with Gasteiger partial charge in [0.15, 0.2) is 5.54 Å². The zero-order valence-electron chi connectivity index (χ0n) is 14.5. The first-order valence-corrected chi connectivity index (χ1v) is 8.73. The molecule has 0 spiro atoms. The van der Waals surface area contributed by atoms with Crippen molar-refractivity contribution < 1.29 is 19.1 Å². The average molecular weight is 365 g/mol. The Hall–Kier alpha value is -2.21. The fourth-order valence-electron chi connectivity index (χ4n) is 3.54. The second-order valence-electron chi connectivity index (χ2n) is 6.11. The van der Waals surface area contributed by atoms with Crippen LogP contribution in [0.3, 0.4) is 0 Å². The van der Waals surface area contributed by atoms with Gasteiger partial charge in [-0.25, -0.2) is 4.79 Å². The summed E-state index contributed by atoms with van der Waals surface area (Å²) in [4.78, 5) is 30.0. The number of rotatable bonds is 4. The van der Waals surface area contributed by atoms with E-state index in [1.54, 1.807) is 21.0 Å². The number of esters is 1. The first kappa shape index (κ1) is 17.6. The molecule has 0 unspecified atom stereocenters. The largest absolute Gasteiger partial charge is 0.497 e. The summed E-state index contributed by atoms with van der Waals surface area (Å²) in [6.07, 6.45) is 0.625. The summed E-state index contributed by atoms with van der Waals surface area (Å²) < 4.78 is 10.6. The second kappa shape index (κ2) is 6.59. The minimum Gasteiger partial charge on any atom is -0.497 e. The molecule has 1 aromatic heterocycles. The summed E-state index contributed by atoms with van der Waals surface area (Å²) in [6, 6.07) is 5.70. The lowest BCUT2D eigenvalue weighted by Crippen LogP contribution is -2.57. The van der Waals surface area contributed by atoms with Crippen molar-refractivity contribution in [3.05, 3.63) is 29.5 Å². The van der Waals surface area contributed by atoms with Crippen LogP contribution in [0, 0.1) is 0 Å². The molecule has 2 aromatic rings. The number of ether oxygens (including phenoxy) is 2. The smallest absolute Gasteiger partial charge is 0.338 e. The number of halogens is 1. The Labute approximate surface area is 151 Å². The standard InChI is InChI=1S/C18H21ClN2O4/c1-4-25-17(23)18(2)16-12(7-8-21(18)15(22)10-19)13-9-11(24-3)5-6-14(13)20-16/h5-6,9,20H,4,7-8,10H2,1-3H3/t18-/m1/s1. The van der Waals surface area contributed by atoms with E-state index >= 15 is 0 Å². The highest BCUT2D eigenvalue weighted by Crippen LogP contribution is 2.40. The molecule has 0 bridgehead atoms. The van der Waals surface area contributed by atoms with Crippen molar-refractivity contribution in [2.24, 2.45) is 0 Å². The summed E-state index contributed by atoms with van der Waals surface area (Å²) >= 11 is 5.77. The van der Waals surface area contributed by atoms with Crippen LogP contribution in [0.5, 0.6) is 5.75 Å². The predicted molar refractivity (Wildman–Crippen MR) is 95.0 cm³/mol. The molecule has 0 radical (unpaired) electrons. The summed E-state index contributed by atoms with van der Waals surface area (Å²) in [5.74, 6) is -0.197. The van der Waals surface area contributed by atoms with E-state index in [-0.39, 0.29) is 18.4 Å². The van der Waals surface area contributed by atoms with E-state index in [0.29, 0.717) is 18.7 Å². The number of fused-ring (bicyclic) bond motifs is 3. The summed E-state index contributed by atoms with van der Waals surface area (Å²) in [5, 5.41) is 0.989. The highest BCUT2D eigenvalue weighted by Gasteiger charge is 2.50. The van der Waals surface area contributed by atoms with Gasteiger partial charge in [0, 0.05) is 17.4 Å². The zero-order valence-corrected chi connectivity index (χ0v) is 15.3. The number of nitrogens with one attached hydrogen (secondary N) is 1. The molecule has 0 aliphatic carbocycles. The number of amides is 1. The molecule has 0 saturated heterocycles. The molecule has 1 aliphatic rings. The van der Waals surface area contributed by atoms with E-state index in [9.17, 15) is 9.59 Å². The average Bonchev–Trinajstić information content (AvgIpc) is 3.00. The number of H-pyrrole nitrogens is 1. The highest BCUT2D eigenvalue weighted by atomic mass is 35.5. The van der Waals surface area contributed by atoms with Gasteiger partial charge in [-0.3, -0.25) is 4.79 Å². The van der Waals surface area contributed by atoms with Crippen molar-refractivity contribution in [2.45, 2.75) is 25.8 Å². The van der Waals surface area contributed by atoms with Crippen LogP contribution in [0.4, 0.5) is 0 Å². The van der Waals surface area contributed by atoms with Crippen LogP contribution in [0.2, 0.25) is 0 Å². The molecule has 1 aromatic carbocycles. The minimum atomic E-state index is -1.23. The maximum atomic E-state index is 12.8. The van der Waals surface area contributed by atoms with Crippen LogP contribution in [0.25, 0.3) is 10.9 Å². The lowest BCUT2D eigenvalue weighted by molar-refractivity contribution is -0.164. The summed E-state index contributed by atoms with van der Waals surface area (Å²) in [5.41, 5.74) is 1.34. The normalized spacial score (nSPS) is 19.6. The number of methoxy groups -OCH3 is 1. The third-order valence-electron chi connectivity index (χ3n) is 4.81. The molecule has 6 nitrogen and oxygen atoms in total. The Bertz CT molecular complexity index is 832. The number of benzene rings is 1. The third-order valence-corrected chi connectivity index (χ3v) is 5.04. The lowest BCUT2D eigenvalue weighted by atomic mass is 9.86. The molecule has 2 heterocycles. The van der Waals surface area contributed by atoms with Gasteiger partial charge in [-0.2, -0.15) is 0 Å². The fraction of sp³-hybridized carbons (Fsp3) is 0.444. The van der Waals surface area contributed by atoms with Crippen molar-refractivity contribution in [1.82, 2.24) is 9.88 Å². The van der Waals surface area contributed by atoms with Crippen LogP contribution in [-0.2, 0) is 26.3 Å². The maximum Gasteiger partial charge on any atom is 0.338 e. The molecule has 25 heavy (non-hydrogen) atoms. The van der Waals surface area contributed by atoms with Crippen molar-refractivity contribution in [1.29, 1.82) is 0 Å². The first-order valence-electron chi connectivity index (χ1n) is 8.20. The van der Waals surface area contributed by atoms with Gasteiger partial charge in [-0.1, -0.05) is 0 Å². The first-order chi connectivity index (χ1) is 12.0. The quantitative estimate of drug-likeness (QED) is 0.668. The molecular formula is C18H21ClN2O4. The molecule has 3 rings (SSSR count). The van der Waals surface area contributed by atoms with Crippen molar-refractivity contribution >= 4 is 34.4 Å². The fourth-order valence-corrected chi connectivity index (χ4v) is 3.69. The van der Waals surface area contributed by atoms with Gasteiger partial charge in [0.05, 0.1) is 19.4 Å². The monoisotopic (exact) mass is 364 g/mol. The number of carbonyl (C=O) groups is 2. The Morgan fingerprint density at radius 2 is 2.16 bits per heavy atom. The number of nitrogens with zero attached hydrogens (tertiary/aromatic N) is 1. The topological polar surface area (TPSA) is 71.6 Å². The van der Waals surface area contributed by atoms with Gasteiger partial charge in [-0.15, -0.1) is 11.6 Å². The Kier molecular flexibility index (Phi) is 4.64. The number of aromatic nitrogens is 1. The van der Waals surface area contributed by atoms with Gasteiger partial charge >= 0.3 is 5.97 Å². The second-order valence-corrected chi connectivity index (χ2v) is 6.38. The van der Waals surface area contributed by atoms with Crippen molar-refractivity contribution in [2.75, 3.05) is 26.1 Å². The van der Waals surface area contributed by atoms with Crippen LogP contribution >= 0.6 is 11.6 Å². The molecule has 0 saturated carbocycles. The van der Waals surface area contributed by atoms with Crippen LogP contribution in [0.15, 0.2) is 18.2 Å². The molecule has 7 heteroatoms. The van der Waals surface area contributed by atoms with Crippen molar-refractivity contribution in [3.63, 3.8) is 0 Å². The SMILES string of the molecule is CCOC(=O)[C@@]1(C)c2[nH]c3ccc(OC)cc3c2CCN1C(=O)CCl. The maximum absolute atomic E-state index is 12.8. The van der Waals surface area contributed by atoms with Crippen LogP contribution < -0.4 is 4.74 Å². The van der Waals surface area contributed by atoms with Crippen LogP contribution in [0.1, 0.15) is 25.1 Å². The minimum absolute atomic E-state index is 0.182. The number of hydrogen-bond acceptors (Lipinski definition) is 4. The number of hydrogen-bond donors (Lipinski definition) is 1. The lowest BCUT2D eigenvalue weighted by Gasteiger charge is -2.42. The van der Waals surface area contributed by atoms with Crippen LogP contribution in [-0.4, -0.2) is 47.9 Å². The van der Waals surface area contributed by atoms with Gasteiger partial charge in [0.25, 0.3) is 0 Å². The van der Waals surface area contributed by atoms with E-state index in [1.165, 1.54) is 4.90 Å². The van der Waals surface area contributed by atoms with E-state index in [4.69, 9.17) is 21.1 Å². The molecule has 1 N–H and O–H groups in total. The van der Waals surface area contributed by atoms with Gasteiger partial charge in [0.1, 0.15) is 11.6 Å². The van der Waals surface area contributed by atoms with E-state index in [1.807, 2.05) is 18.2 Å². The van der Waals surface area contributed by atoms with E-state index in [0.717, 1.165) is 22.2 Å². The number of aromatic amines is 1. The predicted octanol–water partition coefficient (Wildman–Crippen LogP) is 2.58. The zero-order chi connectivity index (χ0) is 18.2. The Morgan fingerprint density at radius 3 is 2.80 bits per heavy atom. The summed E-state index contributed by atoms with van der Waals surface area (Å²) in [6.45, 7) is 4.09. The molecule has 1 atom stereocenters. The molecular weight excluding hydrogens is 344 g/mol. The molecule has 0 fully saturated rings. The van der Waals surface area contributed by atoms with Gasteiger partial charge in [0.2, 0.25) is 5.91 Å².